The predicted molar refractivity (Wildman–Crippen MR) is 76.6 cm³/mol. The van der Waals surface area contributed by atoms with E-state index >= 15 is 0 Å². The van der Waals surface area contributed by atoms with E-state index in [4.69, 9.17) is 9.47 Å². The van der Waals surface area contributed by atoms with Crippen LogP contribution in [0.15, 0.2) is 30.3 Å². The highest BCUT2D eigenvalue weighted by atomic mass is 16.5. The standard InChI is InChI=1S/C15H21NO5/c1-12(14(17)19-2)10-20-9-8-16-15(18)21-11-13-6-4-3-5-7-13/h3-7,12H,8-11H2,1-2H3,(H,16,18). The van der Waals surface area contributed by atoms with Crippen LogP contribution in [0, 0.1) is 5.92 Å². The lowest BCUT2D eigenvalue weighted by Gasteiger charge is -2.10. The van der Waals surface area contributed by atoms with Gasteiger partial charge in [0, 0.05) is 6.54 Å². The van der Waals surface area contributed by atoms with Crippen LogP contribution in [0.3, 0.4) is 0 Å². The highest BCUT2D eigenvalue weighted by Gasteiger charge is 2.12. The topological polar surface area (TPSA) is 73.9 Å². The van der Waals surface area contributed by atoms with Crippen LogP contribution in [-0.4, -0.2) is 38.9 Å². The number of rotatable bonds is 8. The summed E-state index contributed by atoms with van der Waals surface area (Å²) in [7, 11) is 1.34. The molecular weight excluding hydrogens is 274 g/mol. The van der Waals surface area contributed by atoms with Crippen LogP contribution in [0.2, 0.25) is 0 Å². The molecule has 6 heteroatoms. The number of ether oxygens (including phenoxy) is 3. The van der Waals surface area contributed by atoms with Gasteiger partial charge >= 0.3 is 12.1 Å². The lowest BCUT2D eigenvalue weighted by atomic mass is 10.2. The van der Waals surface area contributed by atoms with Gasteiger partial charge in [0.2, 0.25) is 0 Å². The molecule has 0 aliphatic heterocycles. The molecule has 1 amide bonds. The van der Waals surface area contributed by atoms with Crippen LogP contribution in [0.25, 0.3) is 0 Å². The number of methoxy groups -OCH3 is 1. The Labute approximate surface area is 124 Å². The molecule has 1 rings (SSSR count). The summed E-state index contributed by atoms with van der Waals surface area (Å²) in [6, 6.07) is 9.42. The molecule has 1 aromatic rings. The van der Waals surface area contributed by atoms with Gasteiger partial charge in [0.15, 0.2) is 0 Å². The molecule has 6 nitrogen and oxygen atoms in total. The maximum absolute atomic E-state index is 11.4. The van der Waals surface area contributed by atoms with Crippen molar-refractivity contribution in [3.63, 3.8) is 0 Å². The van der Waals surface area contributed by atoms with Gasteiger partial charge in [-0.2, -0.15) is 0 Å². The molecule has 0 saturated heterocycles. The number of carbonyl (C=O) groups excluding carboxylic acids is 2. The molecule has 21 heavy (non-hydrogen) atoms. The average molecular weight is 295 g/mol. The summed E-state index contributed by atoms with van der Waals surface area (Å²) >= 11 is 0. The van der Waals surface area contributed by atoms with Gasteiger partial charge in [-0.25, -0.2) is 4.79 Å². The van der Waals surface area contributed by atoms with Crippen molar-refractivity contribution in [3.05, 3.63) is 35.9 Å². The lowest BCUT2D eigenvalue weighted by molar-refractivity contribution is -0.146. The average Bonchev–Trinajstić information content (AvgIpc) is 2.52. The fraction of sp³-hybridized carbons (Fsp3) is 0.467. The first-order valence-corrected chi connectivity index (χ1v) is 6.73. The van der Waals surface area contributed by atoms with Crippen LogP contribution < -0.4 is 5.32 Å². The van der Waals surface area contributed by atoms with E-state index in [1.807, 2.05) is 30.3 Å². The second-order valence-corrected chi connectivity index (χ2v) is 4.49. The Bertz CT molecular complexity index is 435. The van der Waals surface area contributed by atoms with Gasteiger partial charge in [0.25, 0.3) is 0 Å². The summed E-state index contributed by atoms with van der Waals surface area (Å²) in [5.74, 6) is -0.634. The monoisotopic (exact) mass is 295 g/mol. The van der Waals surface area contributed by atoms with Crippen molar-refractivity contribution in [1.29, 1.82) is 0 Å². The first-order chi connectivity index (χ1) is 10.1. The summed E-state index contributed by atoms with van der Waals surface area (Å²) in [6.07, 6.45) is -0.497. The Morgan fingerprint density at radius 1 is 1.24 bits per heavy atom. The highest BCUT2D eigenvalue weighted by molar-refractivity contribution is 5.71. The van der Waals surface area contributed by atoms with E-state index < -0.39 is 6.09 Å². The summed E-state index contributed by atoms with van der Waals surface area (Å²) in [4.78, 5) is 22.5. The molecule has 1 atom stereocenters. The van der Waals surface area contributed by atoms with Crippen LogP contribution >= 0.6 is 0 Å². The first kappa shape index (κ1) is 17.0. The number of benzene rings is 1. The molecule has 0 aliphatic carbocycles. The Kier molecular flexibility index (Phi) is 7.89. The largest absolute Gasteiger partial charge is 0.469 e. The zero-order chi connectivity index (χ0) is 15.5. The van der Waals surface area contributed by atoms with Crippen LogP contribution in [0.4, 0.5) is 4.79 Å². The Morgan fingerprint density at radius 2 is 1.95 bits per heavy atom. The van der Waals surface area contributed by atoms with E-state index in [-0.39, 0.29) is 25.1 Å². The number of carbonyl (C=O) groups is 2. The van der Waals surface area contributed by atoms with E-state index in [1.54, 1.807) is 6.92 Å². The smallest absolute Gasteiger partial charge is 0.407 e. The van der Waals surface area contributed by atoms with Crippen molar-refractivity contribution in [1.82, 2.24) is 5.32 Å². The molecule has 0 bridgehead atoms. The number of hydrogen-bond donors (Lipinski definition) is 1. The summed E-state index contributed by atoms with van der Waals surface area (Å²) in [6.45, 7) is 2.83. The van der Waals surface area contributed by atoms with Gasteiger partial charge in [-0.15, -0.1) is 0 Å². The molecule has 0 fully saturated rings. The van der Waals surface area contributed by atoms with E-state index in [0.29, 0.717) is 13.2 Å². The van der Waals surface area contributed by atoms with E-state index in [0.717, 1.165) is 5.56 Å². The van der Waals surface area contributed by atoms with Crippen molar-refractivity contribution in [2.75, 3.05) is 26.9 Å². The van der Waals surface area contributed by atoms with Crippen LogP contribution in [0.1, 0.15) is 12.5 Å². The molecule has 116 valence electrons. The summed E-state index contributed by atoms with van der Waals surface area (Å²) in [5.41, 5.74) is 0.927. The van der Waals surface area contributed by atoms with Crippen molar-refractivity contribution in [3.8, 4) is 0 Å². The maximum Gasteiger partial charge on any atom is 0.407 e. The SMILES string of the molecule is COC(=O)C(C)COCCNC(=O)OCc1ccccc1. The molecule has 0 saturated carbocycles. The van der Waals surface area contributed by atoms with Gasteiger partial charge in [0.1, 0.15) is 6.61 Å². The zero-order valence-corrected chi connectivity index (χ0v) is 12.3. The minimum Gasteiger partial charge on any atom is -0.469 e. The van der Waals surface area contributed by atoms with Crippen LogP contribution in [-0.2, 0) is 25.6 Å². The first-order valence-electron chi connectivity index (χ1n) is 6.73. The molecule has 1 N–H and O–H groups in total. The number of nitrogens with one attached hydrogen (secondary N) is 1. The quantitative estimate of drug-likeness (QED) is 0.584. The Hall–Kier alpha value is -2.08. The Balaban J connectivity index is 2.05. The molecule has 0 heterocycles. The molecule has 0 radical (unpaired) electrons. The van der Waals surface area contributed by atoms with Gasteiger partial charge in [-0.3, -0.25) is 4.79 Å². The maximum atomic E-state index is 11.4. The fourth-order valence-corrected chi connectivity index (χ4v) is 1.53. The zero-order valence-electron chi connectivity index (χ0n) is 12.3. The molecule has 1 unspecified atom stereocenters. The van der Waals surface area contributed by atoms with E-state index in [2.05, 4.69) is 10.1 Å². The summed E-state index contributed by atoms with van der Waals surface area (Å²) in [5, 5.41) is 2.57. The minimum absolute atomic E-state index is 0.229. The lowest BCUT2D eigenvalue weighted by Crippen LogP contribution is -2.29. The normalized spacial score (nSPS) is 11.5. The van der Waals surface area contributed by atoms with Gasteiger partial charge in [-0.05, 0) is 12.5 Å². The van der Waals surface area contributed by atoms with Crippen molar-refractivity contribution in [2.24, 2.45) is 5.92 Å². The number of hydrogen-bond acceptors (Lipinski definition) is 5. The third kappa shape index (κ3) is 7.31. The van der Waals surface area contributed by atoms with Crippen LogP contribution in [0.5, 0.6) is 0 Å². The van der Waals surface area contributed by atoms with Gasteiger partial charge in [-0.1, -0.05) is 30.3 Å². The van der Waals surface area contributed by atoms with Gasteiger partial charge < -0.3 is 19.5 Å². The third-order valence-electron chi connectivity index (χ3n) is 2.70. The minimum atomic E-state index is -0.497. The molecule has 0 aromatic heterocycles. The van der Waals surface area contributed by atoms with Crippen molar-refractivity contribution in [2.45, 2.75) is 13.5 Å². The second-order valence-electron chi connectivity index (χ2n) is 4.49. The van der Waals surface area contributed by atoms with Gasteiger partial charge in [0.05, 0.1) is 26.2 Å². The van der Waals surface area contributed by atoms with Crippen molar-refractivity contribution >= 4 is 12.1 Å². The molecule has 0 spiro atoms. The number of amides is 1. The van der Waals surface area contributed by atoms with Crippen molar-refractivity contribution < 1.29 is 23.8 Å². The molecule has 1 aromatic carbocycles. The van der Waals surface area contributed by atoms with E-state index in [1.165, 1.54) is 7.11 Å². The second kappa shape index (κ2) is 9.77. The molecular formula is C15H21NO5. The number of esters is 1. The Morgan fingerprint density at radius 3 is 2.62 bits per heavy atom. The summed E-state index contributed by atoms with van der Waals surface area (Å²) < 4.78 is 14.9. The fourth-order valence-electron chi connectivity index (χ4n) is 1.53. The third-order valence-corrected chi connectivity index (χ3v) is 2.70. The predicted octanol–water partition coefficient (Wildman–Crippen LogP) is 1.74. The highest BCUT2D eigenvalue weighted by Crippen LogP contribution is 2.00. The molecule has 0 aliphatic rings. The van der Waals surface area contributed by atoms with E-state index in [9.17, 15) is 9.59 Å². The number of alkyl carbamates (subject to hydrolysis) is 1.